The molecule has 0 bridgehead atoms. The zero-order valence-electron chi connectivity index (χ0n) is 14.0. The summed E-state index contributed by atoms with van der Waals surface area (Å²) in [6.45, 7) is 1.21. The van der Waals surface area contributed by atoms with E-state index in [-0.39, 0.29) is 6.54 Å². The molecule has 0 fully saturated rings. The number of benzene rings is 2. The Morgan fingerprint density at radius 2 is 1.67 bits per heavy atom. The zero-order valence-corrected chi connectivity index (χ0v) is 14.9. The third-order valence-electron chi connectivity index (χ3n) is 3.59. The number of halogens is 4. The predicted molar refractivity (Wildman–Crippen MR) is 89.5 cm³/mol. The minimum atomic E-state index is -4.86. The first kappa shape index (κ1) is 20.8. The van der Waals surface area contributed by atoms with Crippen LogP contribution in [0.3, 0.4) is 0 Å². The molecule has 0 saturated heterocycles. The molecule has 0 aliphatic carbocycles. The minimum absolute atomic E-state index is 0.00428. The summed E-state index contributed by atoms with van der Waals surface area (Å²) >= 11 is 0. The van der Waals surface area contributed by atoms with E-state index in [1.807, 2.05) is 4.72 Å². The van der Waals surface area contributed by atoms with Gasteiger partial charge in [0.2, 0.25) is 15.9 Å². The Morgan fingerprint density at radius 3 is 2.26 bits per heavy atom. The van der Waals surface area contributed by atoms with Gasteiger partial charge in [0.1, 0.15) is 5.82 Å². The van der Waals surface area contributed by atoms with Gasteiger partial charge < -0.3 is 5.32 Å². The number of hydrogen-bond donors (Lipinski definition) is 2. The molecule has 2 N–H and O–H groups in total. The number of nitrogens with one attached hydrogen (secondary N) is 2. The molecule has 10 heteroatoms. The molecular weight excluding hydrogens is 388 g/mol. The maximum Gasteiger partial charge on any atom is 0.417 e. The van der Waals surface area contributed by atoms with E-state index in [2.05, 4.69) is 5.32 Å². The van der Waals surface area contributed by atoms with Gasteiger partial charge in [-0.25, -0.2) is 12.8 Å². The highest BCUT2D eigenvalue weighted by molar-refractivity contribution is 7.89. The minimum Gasteiger partial charge on any atom is -0.351 e. The number of carbonyl (C=O) groups excluding carboxylic acids is 1. The molecule has 0 aliphatic rings. The van der Waals surface area contributed by atoms with Crippen molar-refractivity contribution in [2.24, 2.45) is 0 Å². The summed E-state index contributed by atoms with van der Waals surface area (Å²) in [6.07, 6.45) is -4.86. The first-order valence-electron chi connectivity index (χ1n) is 7.71. The summed E-state index contributed by atoms with van der Waals surface area (Å²) in [5, 5.41) is 2.43. The second kappa shape index (κ2) is 8.05. The predicted octanol–water partition coefficient (Wildman–Crippen LogP) is 2.83. The van der Waals surface area contributed by atoms with Gasteiger partial charge in [0.25, 0.3) is 0 Å². The van der Waals surface area contributed by atoms with Gasteiger partial charge in [-0.05, 0) is 36.8 Å². The molecule has 2 aromatic rings. The lowest BCUT2D eigenvalue weighted by Gasteiger charge is -2.17. The molecule has 0 aliphatic heterocycles. The van der Waals surface area contributed by atoms with Crippen molar-refractivity contribution in [3.8, 4) is 0 Å². The summed E-state index contributed by atoms with van der Waals surface area (Å²) in [5.41, 5.74) is -0.751. The van der Waals surface area contributed by atoms with Gasteiger partial charge in [-0.3, -0.25) is 4.79 Å². The Kier molecular flexibility index (Phi) is 6.22. The van der Waals surface area contributed by atoms with E-state index in [1.165, 1.54) is 31.2 Å². The Hall–Kier alpha value is -2.46. The summed E-state index contributed by atoms with van der Waals surface area (Å²) in [7, 11) is -4.59. The van der Waals surface area contributed by atoms with Crippen LogP contribution in [-0.2, 0) is 27.5 Å². The smallest absolute Gasteiger partial charge is 0.351 e. The SMILES string of the molecule is C[C@@H](NS(=O)(=O)c1ccccc1C(F)(F)F)C(=O)NCc1ccc(F)cc1. The number of sulfonamides is 1. The fourth-order valence-electron chi connectivity index (χ4n) is 2.23. The van der Waals surface area contributed by atoms with E-state index in [1.54, 1.807) is 0 Å². The van der Waals surface area contributed by atoms with Gasteiger partial charge in [0.05, 0.1) is 16.5 Å². The van der Waals surface area contributed by atoms with Crippen molar-refractivity contribution in [3.63, 3.8) is 0 Å². The lowest BCUT2D eigenvalue weighted by molar-refractivity contribution is -0.139. The average molecular weight is 404 g/mol. The molecule has 5 nitrogen and oxygen atoms in total. The Morgan fingerprint density at radius 1 is 1.07 bits per heavy atom. The lowest BCUT2D eigenvalue weighted by atomic mass is 10.2. The molecule has 1 atom stereocenters. The Balaban J connectivity index is 2.09. The topological polar surface area (TPSA) is 75.3 Å². The molecule has 2 rings (SSSR count). The first-order valence-corrected chi connectivity index (χ1v) is 9.20. The van der Waals surface area contributed by atoms with Crippen molar-refractivity contribution in [2.45, 2.75) is 30.6 Å². The highest BCUT2D eigenvalue weighted by Gasteiger charge is 2.37. The van der Waals surface area contributed by atoms with Gasteiger partial charge in [0, 0.05) is 6.54 Å². The van der Waals surface area contributed by atoms with E-state index < -0.39 is 44.4 Å². The van der Waals surface area contributed by atoms with Crippen molar-refractivity contribution in [1.29, 1.82) is 0 Å². The highest BCUT2D eigenvalue weighted by atomic mass is 32.2. The quantitative estimate of drug-likeness (QED) is 0.727. The van der Waals surface area contributed by atoms with Gasteiger partial charge in [-0.15, -0.1) is 0 Å². The van der Waals surface area contributed by atoms with Crippen LogP contribution in [0.25, 0.3) is 0 Å². The van der Waals surface area contributed by atoms with E-state index in [4.69, 9.17) is 0 Å². The maximum absolute atomic E-state index is 13.0. The van der Waals surface area contributed by atoms with Crippen LogP contribution in [-0.4, -0.2) is 20.4 Å². The molecule has 0 unspecified atom stereocenters. The molecule has 27 heavy (non-hydrogen) atoms. The third kappa shape index (κ3) is 5.51. The van der Waals surface area contributed by atoms with Gasteiger partial charge >= 0.3 is 6.18 Å². The zero-order chi connectivity index (χ0) is 20.2. The van der Waals surface area contributed by atoms with E-state index in [9.17, 15) is 30.8 Å². The van der Waals surface area contributed by atoms with E-state index in [0.29, 0.717) is 11.6 Å². The summed E-state index contributed by atoms with van der Waals surface area (Å²) in [4.78, 5) is 11.1. The standard InChI is InChI=1S/C17H16F4N2O3S/c1-11(16(24)22-10-12-6-8-13(18)9-7-12)23-27(25,26)15-5-3-2-4-14(15)17(19,20)21/h2-9,11,23H,10H2,1H3,(H,22,24)/t11-/m1/s1. The Bertz CT molecular complexity index is 913. The van der Waals surface area contributed by atoms with Crippen LogP contribution in [0.15, 0.2) is 53.4 Å². The van der Waals surface area contributed by atoms with Crippen LogP contribution in [0.5, 0.6) is 0 Å². The van der Waals surface area contributed by atoms with Gasteiger partial charge in [0.15, 0.2) is 0 Å². The largest absolute Gasteiger partial charge is 0.417 e. The first-order chi connectivity index (χ1) is 12.5. The van der Waals surface area contributed by atoms with E-state index >= 15 is 0 Å². The number of hydrogen-bond acceptors (Lipinski definition) is 3. The molecule has 0 spiro atoms. The van der Waals surface area contributed by atoms with Crippen molar-refractivity contribution in [2.75, 3.05) is 0 Å². The van der Waals surface area contributed by atoms with Crippen LogP contribution >= 0.6 is 0 Å². The summed E-state index contributed by atoms with van der Waals surface area (Å²) in [5.74, 6) is -1.19. The monoisotopic (exact) mass is 404 g/mol. The second-order valence-corrected chi connectivity index (χ2v) is 7.36. The van der Waals surface area contributed by atoms with Crippen LogP contribution in [0.2, 0.25) is 0 Å². The van der Waals surface area contributed by atoms with Crippen LogP contribution in [0.1, 0.15) is 18.1 Å². The number of rotatable bonds is 6. The number of amides is 1. The number of alkyl halides is 3. The maximum atomic E-state index is 13.0. The molecule has 0 saturated carbocycles. The molecular formula is C17H16F4N2O3S. The van der Waals surface area contributed by atoms with Crippen molar-refractivity contribution in [1.82, 2.24) is 10.0 Å². The average Bonchev–Trinajstić information content (AvgIpc) is 2.60. The molecule has 2 aromatic carbocycles. The van der Waals surface area contributed by atoms with Crippen LogP contribution in [0.4, 0.5) is 17.6 Å². The third-order valence-corrected chi connectivity index (χ3v) is 5.19. The molecule has 1 amide bonds. The lowest BCUT2D eigenvalue weighted by Crippen LogP contribution is -2.44. The van der Waals surface area contributed by atoms with Crippen LogP contribution in [0, 0.1) is 5.82 Å². The fraction of sp³-hybridized carbons (Fsp3) is 0.235. The molecule has 0 radical (unpaired) electrons. The summed E-state index contributed by atoms with van der Waals surface area (Å²) < 4.78 is 78.4. The second-order valence-electron chi connectivity index (χ2n) is 5.68. The molecule has 146 valence electrons. The number of carbonyl (C=O) groups is 1. The molecule has 0 heterocycles. The van der Waals surface area contributed by atoms with Crippen molar-refractivity contribution in [3.05, 3.63) is 65.5 Å². The van der Waals surface area contributed by atoms with Crippen molar-refractivity contribution < 1.29 is 30.8 Å². The summed E-state index contributed by atoms with van der Waals surface area (Å²) in [6, 6.07) is 7.63. The van der Waals surface area contributed by atoms with Crippen molar-refractivity contribution >= 4 is 15.9 Å². The van der Waals surface area contributed by atoms with Crippen LogP contribution < -0.4 is 10.0 Å². The highest BCUT2D eigenvalue weighted by Crippen LogP contribution is 2.33. The fourth-order valence-corrected chi connectivity index (χ4v) is 3.66. The van der Waals surface area contributed by atoms with E-state index in [0.717, 1.165) is 18.2 Å². The van der Waals surface area contributed by atoms with Gasteiger partial charge in [-0.1, -0.05) is 24.3 Å². The normalized spacial score (nSPS) is 13.2. The Labute approximate surface area is 153 Å². The molecule has 0 aromatic heterocycles. The van der Waals surface area contributed by atoms with Gasteiger partial charge in [-0.2, -0.15) is 17.9 Å².